The summed E-state index contributed by atoms with van der Waals surface area (Å²) in [5.41, 5.74) is 2.32. The lowest BCUT2D eigenvalue weighted by Crippen LogP contribution is -2.45. The zero-order chi connectivity index (χ0) is 15.4. The van der Waals surface area contributed by atoms with E-state index >= 15 is 0 Å². The summed E-state index contributed by atoms with van der Waals surface area (Å²) < 4.78 is 18.5. The molecule has 22 heavy (non-hydrogen) atoms. The third-order valence-corrected chi connectivity index (χ3v) is 4.13. The molecule has 0 aromatic heterocycles. The summed E-state index contributed by atoms with van der Waals surface area (Å²) >= 11 is 0. The molecule has 4 heteroatoms. The molecule has 1 atom stereocenters. The Labute approximate surface area is 130 Å². The molecule has 116 valence electrons. The molecule has 0 aliphatic carbocycles. The molecule has 3 rings (SSSR count). The molecule has 0 unspecified atom stereocenters. The van der Waals surface area contributed by atoms with Gasteiger partial charge in [0, 0.05) is 26.2 Å². The van der Waals surface area contributed by atoms with Crippen LogP contribution in [0.25, 0.3) is 0 Å². The second kappa shape index (κ2) is 6.90. The van der Waals surface area contributed by atoms with Crippen molar-refractivity contribution in [2.75, 3.05) is 33.3 Å². The van der Waals surface area contributed by atoms with Crippen LogP contribution in [0.1, 0.15) is 17.2 Å². The Hall–Kier alpha value is -1.91. The van der Waals surface area contributed by atoms with Crippen LogP contribution in [0.3, 0.4) is 0 Å². The summed E-state index contributed by atoms with van der Waals surface area (Å²) in [5.74, 6) is 0.652. The maximum Gasteiger partial charge on any atom is 0.123 e. The van der Waals surface area contributed by atoms with Gasteiger partial charge in [0.15, 0.2) is 0 Å². The minimum atomic E-state index is -0.197. The van der Waals surface area contributed by atoms with E-state index in [1.807, 2.05) is 24.3 Å². The number of hydrogen-bond donors (Lipinski definition) is 1. The van der Waals surface area contributed by atoms with Gasteiger partial charge in [-0.2, -0.15) is 0 Å². The minimum Gasteiger partial charge on any atom is -0.497 e. The van der Waals surface area contributed by atoms with Crippen LogP contribution in [0, 0.1) is 5.82 Å². The Kier molecular flexibility index (Phi) is 4.71. The molecule has 0 spiro atoms. The van der Waals surface area contributed by atoms with Gasteiger partial charge in [-0.05, 0) is 35.4 Å². The average Bonchev–Trinajstić information content (AvgIpc) is 2.58. The van der Waals surface area contributed by atoms with E-state index in [-0.39, 0.29) is 11.9 Å². The fraction of sp³-hybridized carbons (Fsp3) is 0.333. The summed E-state index contributed by atoms with van der Waals surface area (Å²) in [6.45, 7) is 3.92. The van der Waals surface area contributed by atoms with E-state index < -0.39 is 0 Å². The first-order valence-electron chi connectivity index (χ1n) is 7.62. The lowest BCUT2D eigenvalue weighted by molar-refractivity contribution is 0.198. The molecule has 2 aromatic rings. The standard InChI is InChI=1S/C18H21FN2O/c1-22-17-8-4-15(5-9-17)18(21-12-10-20-11-13-21)14-2-6-16(19)7-3-14/h2-9,18,20H,10-13H2,1H3/t18-/m1/s1. The Morgan fingerprint density at radius 1 is 0.955 bits per heavy atom. The van der Waals surface area contributed by atoms with Gasteiger partial charge in [0.05, 0.1) is 13.2 Å². The molecule has 0 bridgehead atoms. The summed E-state index contributed by atoms with van der Waals surface area (Å²) in [5, 5.41) is 3.38. The SMILES string of the molecule is COc1ccc([C@@H](c2ccc(F)cc2)N2CCNCC2)cc1. The van der Waals surface area contributed by atoms with Crippen molar-refractivity contribution in [1.29, 1.82) is 0 Å². The highest BCUT2D eigenvalue weighted by Gasteiger charge is 2.23. The van der Waals surface area contributed by atoms with Crippen LogP contribution >= 0.6 is 0 Å². The van der Waals surface area contributed by atoms with Crippen molar-refractivity contribution in [3.63, 3.8) is 0 Å². The van der Waals surface area contributed by atoms with E-state index in [0.29, 0.717) is 0 Å². The number of benzene rings is 2. The molecule has 1 N–H and O–H groups in total. The summed E-state index contributed by atoms with van der Waals surface area (Å²) in [7, 11) is 1.67. The number of ether oxygens (including phenoxy) is 1. The predicted octanol–water partition coefficient (Wildman–Crippen LogP) is 2.83. The lowest BCUT2D eigenvalue weighted by Gasteiger charge is -2.35. The molecule has 1 heterocycles. The van der Waals surface area contributed by atoms with Crippen molar-refractivity contribution in [1.82, 2.24) is 10.2 Å². The second-order valence-corrected chi connectivity index (χ2v) is 5.51. The topological polar surface area (TPSA) is 24.5 Å². The van der Waals surface area contributed by atoms with Crippen molar-refractivity contribution in [3.8, 4) is 5.75 Å². The van der Waals surface area contributed by atoms with Crippen LogP contribution in [0.15, 0.2) is 48.5 Å². The monoisotopic (exact) mass is 300 g/mol. The number of hydrogen-bond acceptors (Lipinski definition) is 3. The van der Waals surface area contributed by atoms with E-state index in [2.05, 4.69) is 22.3 Å². The molecular weight excluding hydrogens is 279 g/mol. The number of methoxy groups -OCH3 is 1. The smallest absolute Gasteiger partial charge is 0.123 e. The van der Waals surface area contributed by atoms with Crippen molar-refractivity contribution in [2.45, 2.75) is 6.04 Å². The first kappa shape index (κ1) is 15.0. The molecule has 2 aromatic carbocycles. The van der Waals surface area contributed by atoms with Crippen molar-refractivity contribution >= 4 is 0 Å². The van der Waals surface area contributed by atoms with E-state index in [1.54, 1.807) is 7.11 Å². The van der Waals surface area contributed by atoms with Gasteiger partial charge < -0.3 is 10.1 Å². The first-order valence-corrected chi connectivity index (χ1v) is 7.62. The van der Waals surface area contributed by atoms with E-state index in [4.69, 9.17) is 4.74 Å². The maximum absolute atomic E-state index is 13.3. The van der Waals surface area contributed by atoms with Gasteiger partial charge in [-0.1, -0.05) is 24.3 Å². The normalized spacial score (nSPS) is 17.2. The number of rotatable bonds is 4. The Bertz CT molecular complexity index is 591. The minimum absolute atomic E-state index is 0.147. The highest BCUT2D eigenvalue weighted by molar-refractivity contribution is 5.36. The Balaban J connectivity index is 1.95. The highest BCUT2D eigenvalue weighted by Crippen LogP contribution is 2.30. The fourth-order valence-electron chi connectivity index (χ4n) is 2.99. The zero-order valence-corrected chi connectivity index (χ0v) is 12.8. The van der Waals surface area contributed by atoms with Gasteiger partial charge in [-0.3, -0.25) is 4.90 Å². The van der Waals surface area contributed by atoms with Gasteiger partial charge in [-0.15, -0.1) is 0 Å². The van der Waals surface area contributed by atoms with Crippen LogP contribution < -0.4 is 10.1 Å². The molecule has 3 nitrogen and oxygen atoms in total. The summed E-state index contributed by atoms with van der Waals surface area (Å²) in [4.78, 5) is 2.44. The second-order valence-electron chi connectivity index (χ2n) is 5.51. The first-order chi connectivity index (χ1) is 10.8. The van der Waals surface area contributed by atoms with Gasteiger partial charge >= 0.3 is 0 Å². The quantitative estimate of drug-likeness (QED) is 0.939. The molecule has 0 saturated carbocycles. The van der Waals surface area contributed by atoms with E-state index in [1.165, 1.54) is 17.7 Å². The number of nitrogens with one attached hydrogen (secondary N) is 1. The van der Waals surface area contributed by atoms with Crippen LogP contribution in [0.4, 0.5) is 4.39 Å². The zero-order valence-electron chi connectivity index (χ0n) is 12.8. The molecule has 0 radical (unpaired) electrons. The molecule has 1 fully saturated rings. The third kappa shape index (κ3) is 3.29. The molecule has 0 amide bonds. The van der Waals surface area contributed by atoms with Crippen molar-refractivity contribution < 1.29 is 9.13 Å². The van der Waals surface area contributed by atoms with Crippen LogP contribution in [-0.4, -0.2) is 38.2 Å². The number of halogens is 1. The number of nitrogens with zero attached hydrogens (tertiary/aromatic N) is 1. The van der Waals surface area contributed by atoms with Gasteiger partial charge in [0.2, 0.25) is 0 Å². The average molecular weight is 300 g/mol. The molecule has 1 saturated heterocycles. The molecule has 1 aliphatic rings. The van der Waals surface area contributed by atoms with Gasteiger partial charge in [0.1, 0.15) is 11.6 Å². The van der Waals surface area contributed by atoms with Gasteiger partial charge in [0.25, 0.3) is 0 Å². The van der Waals surface area contributed by atoms with Crippen molar-refractivity contribution in [3.05, 3.63) is 65.5 Å². The maximum atomic E-state index is 13.3. The molecular formula is C18H21FN2O. The van der Waals surface area contributed by atoms with Crippen LogP contribution in [-0.2, 0) is 0 Å². The Morgan fingerprint density at radius 2 is 1.50 bits per heavy atom. The third-order valence-electron chi connectivity index (χ3n) is 4.13. The summed E-state index contributed by atoms with van der Waals surface area (Å²) in [6.07, 6.45) is 0. The van der Waals surface area contributed by atoms with E-state index in [9.17, 15) is 4.39 Å². The fourth-order valence-corrected chi connectivity index (χ4v) is 2.99. The largest absolute Gasteiger partial charge is 0.497 e. The van der Waals surface area contributed by atoms with Gasteiger partial charge in [-0.25, -0.2) is 4.39 Å². The van der Waals surface area contributed by atoms with Crippen LogP contribution in [0.5, 0.6) is 5.75 Å². The lowest BCUT2D eigenvalue weighted by atomic mass is 9.96. The predicted molar refractivity (Wildman–Crippen MR) is 85.7 cm³/mol. The van der Waals surface area contributed by atoms with Crippen molar-refractivity contribution in [2.24, 2.45) is 0 Å². The van der Waals surface area contributed by atoms with Crippen LogP contribution in [0.2, 0.25) is 0 Å². The summed E-state index contributed by atoms with van der Waals surface area (Å²) in [6, 6.07) is 15.1. The highest BCUT2D eigenvalue weighted by atomic mass is 19.1. The molecule has 1 aliphatic heterocycles. The van der Waals surface area contributed by atoms with E-state index in [0.717, 1.165) is 37.5 Å². The Morgan fingerprint density at radius 3 is 2.05 bits per heavy atom. The number of piperazine rings is 1.